The maximum absolute atomic E-state index is 13.1. The van der Waals surface area contributed by atoms with E-state index in [0.717, 1.165) is 15.7 Å². The number of aromatic nitrogens is 1. The normalized spacial score (nSPS) is 16.6. The van der Waals surface area contributed by atoms with E-state index in [4.69, 9.17) is 9.84 Å². The van der Waals surface area contributed by atoms with E-state index in [9.17, 15) is 9.18 Å². The van der Waals surface area contributed by atoms with E-state index in [1.807, 2.05) is 0 Å². The first-order chi connectivity index (χ1) is 10.0. The number of halogens is 1. The number of aromatic carboxylic acids is 1. The van der Waals surface area contributed by atoms with Gasteiger partial charge in [-0.05, 0) is 25.1 Å². The van der Waals surface area contributed by atoms with Crippen molar-refractivity contribution in [2.45, 2.75) is 23.8 Å². The monoisotopic (exact) mass is 325 g/mol. The van der Waals surface area contributed by atoms with Gasteiger partial charge in [-0.1, -0.05) is 11.8 Å². The summed E-state index contributed by atoms with van der Waals surface area (Å²) in [5.74, 6) is 0.176. The van der Waals surface area contributed by atoms with Gasteiger partial charge in [0, 0.05) is 17.7 Å². The number of aryl methyl sites for hydroxylation is 1. The Morgan fingerprint density at radius 3 is 3.14 bits per heavy atom. The van der Waals surface area contributed by atoms with Gasteiger partial charge in [0.15, 0.2) is 4.34 Å². The molecule has 1 atom stereocenters. The molecule has 0 amide bonds. The SMILES string of the molecule is Cc1nc(SCC2Cc3cc(F)ccc3O2)sc1C(=O)O. The van der Waals surface area contributed by atoms with E-state index in [-0.39, 0.29) is 16.8 Å². The number of benzene rings is 1. The largest absolute Gasteiger partial charge is 0.489 e. The smallest absolute Gasteiger partial charge is 0.347 e. The van der Waals surface area contributed by atoms with Crippen LogP contribution in [0.15, 0.2) is 22.5 Å². The number of thioether (sulfide) groups is 1. The molecule has 7 heteroatoms. The number of thiazole rings is 1. The van der Waals surface area contributed by atoms with Crippen molar-refractivity contribution < 1.29 is 19.0 Å². The van der Waals surface area contributed by atoms with Crippen molar-refractivity contribution in [1.29, 1.82) is 0 Å². The lowest BCUT2D eigenvalue weighted by atomic mass is 10.1. The van der Waals surface area contributed by atoms with Crippen LogP contribution in [0.25, 0.3) is 0 Å². The number of carboxylic acid groups (broad SMARTS) is 1. The van der Waals surface area contributed by atoms with Crippen LogP contribution in [0.3, 0.4) is 0 Å². The van der Waals surface area contributed by atoms with Crippen molar-refractivity contribution in [2.24, 2.45) is 0 Å². The fourth-order valence-corrected chi connectivity index (χ4v) is 4.22. The highest BCUT2D eigenvalue weighted by Crippen LogP contribution is 2.33. The lowest BCUT2D eigenvalue weighted by molar-refractivity contribution is 0.0701. The van der Waals surface area contributed by atoms with Gasteiger partial charge in [0.05, 0.1) is 5.69 Å². The predicted octanol–water partition coefficient (Wildman–Crippen LogP) is 3.38. The summed E-state index contributed by atoms with van der Waals surface area (Å²) < 4.78 is 19.6. The second-order valence-electron chi connectivity index (χ2n) is 4.71. The molecule has 0 bridgehead atoms. The molecular formula is C14H12FNO3S2. The van der Waals surface area contributed by atoms with Crippen LogP contribution in [-0.2, 0) is 6.42 Å². The van der Waals surface area contributed by atoms with E-state index in [1.165, 1.54) is 35.2 Å². The molecule has 110 valence electrons. The van der Waals surface area contributed by atoms with E-state index < -0.39 is 5.97 Å². The van der Waals surface area contributed by atoms with Crippen LogP contribution in [-0.4, -0.2) is 27.9 Å². The zero-order valence-corrected chi connectivity index (χ0v) is 12.8. The number of ether oxygens (including phenoxy) is 1. The van der Waals surface area contributed by atoms with Crippen molar-refractivity contribution in [3.05, 3.63) is 40.2 Å². The highest BCUT2D eigenvalue weighted by molar-refractivity contribution is 8.01. The van der Waals surface area contributed by atoms with Gasteiger partial charge < -0.3 is 9.84 Å². The molecule has 0 saturated heterocycles. The molecule has 0 saturated carbocycles. The molecule has 21 heavy (non-hydrogen) atoms. The zero-order chi connectivity index (χ0) is 15.0. The van der Waals surface area contributed by atoms with Gasteiger partial charge in [-0.2, -0.15) is 0 Å². The number of nitrogens with zero attached hydrogens (tertiary/aromatic N) is 1. The molecular weight excluding hydrogens is 313 g/mol. The Morgan fingerprint density at radius 1 is 1.62 bits per heavy atom. The van der Waals surface area contributed by atoms with Crippen LogP contribution in [0.2, 0.25) is 0 Å². The fraction of sp³-hybridized carbons (Fsp3) is 0.286. The highest BCUT2D eigenvalue weighted by atomic mass is 32.2. The molecule has 0 spiro atoms. The minimum atomic E-state index is -0.947. The molecule has 1 aliphatic rings. The molecule has 2 aromatic rings. The van der Waals surface area contributed by atoms with Gasteiger partial charge in [0.1, 0.15) is 22.5 Å². The second-order valence-corrected chi connectivity index (χ2v) is 6.97. The third-order valence-electron chi connectivity index (χ3n) is 3.13. The number of rotatable bonds is 4. The maximum atomic E-state index is 13.1. The Bertz CT molecular complexity index is 702. The van der Waals surface area contributed by atoms with E-state index in [2.05, 4.69) is 4.98 Å². The van der Waals surface area contributed by atoms with Crippen LogP contribution in [0.5, 0.6) is 5.75 Å². The topological polar surface area (TPSA) is 59.4 Å². The number of hydrogen-bond donors (Lipinski definition) is 1. The molecule has 3 rings (SSSR count). The summed E-state index contributed by atoms with van der Waals surface area (Å²) in [5.41, 5.74) is 1.41. The van der Waals surface area contributed by atoms with Crippen LogP contribution in [0.4, 0.5) is 4.39 Å². The third-order valence-corrected chi connectivity index (χ3v) is 5.55. The van der Waals surface area contributed by atoms with Crippen molar-refractivity contribution >= 4 is 29.1 Å². The molecule has 0 aliphatic carbocycles. The minimum Gasteiger partial charge on any atom is -0.489 e. The lowest BCUT2D eigenvalue weighted by Crippen LogP contribution is -2.15. The Hall–Kier alpha value is -1.60. The molecule has 1 N–H and O–H groups in total. The summed E-state index contributed by atoms with van der Waals surface area (Å²) >= 11 is 2.64. The summed E-state index contributed by atoms with van der Waals surface area (Å²) in [6.07, 6.45) is 0.625. The Kier molecular flexibility index (Phi) is 3.86. The Morgan fingerprint density at radius 2 is 2.43 bits per heavy atom. The van der Waals surface area contributed by atoms with Gasteiger partial charge in [0.25, 0.3) is 0 Å². The van der Waals surface area contributed by atoms with Crippen molar-refractivity contribution in [3.63, 3.8) is 0 Å². The number of carbonyl (C=O) groups is 1. The molecule has 1 aliphatic heterocycles. The Balaban J connectivity index is 1.62. The van der Waals surface area contributed by atoms with Gasteiger partial charge >= 0.3 is 5.97 Å². The third kappa shape index (κ3) is 3.03. The molecule has 2 heterocycles. The quantitative estimate of drug-likeness (QED) is 0.873. The average molecular weight is 325 g/mol. The number of hydrogen-bond acceptors (Lipinski definition) is 5. The zero-order valence-electron chi connectivity index (χ0n) is 11.1. The van der Waals surface area contributed by atoms with Crippen molar-refractivity contribution in [2.75, 3.05) is 5.75 Å². The lowest BCUT2D eigenvalue weighted by Gasteiger charge is -2.08. The number of carboxylic acids is 1. The van der Waals surface area contributed by atoms with Gasteiger partial charge in [0.2, 0.25) is 0 Å². The van der Waals surface area contributed by atoms with Crippen molar-refractivity contribution in [3.8, 4) is 5.75 Å². The first-order valence-electron chi connectivity index (χ1n) is 6.31. The van der Waals surface area contributed by atoms with Crippen molar-refractivity contribution in [1.82, 2.24) is 4.98 Å². The van der Waals surface area contributed by atoms with Crippen LogP contribution < -0.4 is 4.74 Å². The van der Waals surface area contributed by atoms with E-state index in [1.54, 1.807) is 13.0 Å². The van der Waals surface area contributed by atoms with Gasteiger partial charge in [-0.25, -0.2) is 14.2 Å². The van der Waals surface area contributed by atoms with Gasteiger partial charge in [-0.3, -0.25) is 0 Å². The number of fused-ring (bicyclic) bond motifs is 1. The van der Waals surface area contributed by atoms with Gasteiger partial charge in [-0.15, -0.1) is 11.3 Å². The standard InChI is InChI=1S/C14H12FNO3S2/c1-7-12(13(17)18)21-14(16-7)20-6-10-5-8-4-9(15)2-3-11(8)19-10/h2-4,10H,5-6H2,1H3,(H,17,18). The summed E-state index contributed by atoms with van der Waals surface area (Å²) in [6, 6.07) is 4.53. The molecule has 4 nitrogen and oxygen atoms in total. The summed E-state index contributed by atoms with van der Waals surface area (Å²) in [6.45, 7) is 1.69. The minimum absolute atomic E-state index is 0.0377. The first kappa shape index (κ1) is 14.3. The van der Waals surface area contributed by atoms with Crippen LogP contribution in [0, 0.1) is 12.7 Å². The maximum Gasteiger partial charge on any atom is 0.347 e. The molecule has 1 aromatic carbocycles. The first-order valence-corrected chi connectivity index (χ1v) is 8.11. The second kappa shape index (κ2) is 5.65. The fourth-order valence-electron chi connectivity index (χ4n) is 2.18. The predicted molar refractivity (Wildman–Crippen MR) is 79.1 cm³/mol. The summed E-state index contributed by atoms with van der Waals surface area (Å²) in [5, 5.41) is 9.00. The molecule has 0 radical (unpaired) electrons. The Labute approximate surface area is 129 Å². The van der Waals surface area contributed by atoms with Crippen LogP contribution in [0.1, 0.15) is 20.9 Å². The highest BCUT2D eigenvalue weighted by Gasteiger charge is 2.24. The van der Waals surface area contributed by atoms with E-state index in [0.29, 0.717) is 17.9 Å². The summed E-state index contributed by atoms with van der Waals surface area (Å²) in [7, 11) is 0. The molecule has 1 aromatic heterocycles. The van der Waals surface area contributed by atoms with E-state index >= 15 is 0 Å². The molecule has 0 fully saturated rings. The van der Waals surface area contributed by atoms with Crippen LogP contribution >= 0.6 is 23.1 Å². The average Bonchev–Trinajstić information content (AvgIpc) is 2.99. The summed E-state index contributed by atoms with van der Waals surface area (Å²) in [4.78, 5) is 15.5. The molecule has 1 unspecified atom stereocenters.